The molecule has 0 saturated heterocycles. The van der Waals surface area contributed by atoms with Gasteiger partial charge in [-0.3, -0.25) is 4.57 Å². The van der Waals surface area contributed by atoms with E-state index in [9.17, 15) is 4.57 Å². The van der Waals surface area contributed by atoms with Crippen LogP contribution in [0.15, 0.2) is 100 Å². The molecule has 0 aliphatic rings. The molecule has 165 valence electrons. The molecule has 0 N–H and O–H groups in total. The average molecular weight is 442 g/mol. The van der Waals surface area contributed by atoms with Crippen molar-refractivity contribution in [3.63, 3.8) is 0 Å². The molecular formula is C30H34OP. The summed E-state index contributed by atoms with van der Waals surface area (Å²) < 4.78 is 14.1. The third kappa shape index (κ3) is 5.61. The summed E-state index contributed by atoms with van der Waals surface area (Å²) >= 11 is 0. The van der Waals surface area contributed by atoms with Crippen LogP contribution in [-0.4, -0.2) is 0 Å². The summed E-state index contributed by atoms with van der Waals surface area (Å²) in [5.74, 6) is 0. The third-order valence-corrected chi connectivity index (χ3v) is 7.28. The molecule has 0 spiro atoms. The standard InChI is InChI=1S/C30H34OP/c1-7-13-23-19-21-29(27(17-11-5)25(23)15-9-3)32(31)30-22-20-24(14-8-2)26(16-10-4)28(30)18-12-6/h7-12,19-22H,1-6,13-18H2. The Kier molecular flexibility index (Phi) is 10.1. The summed E-state index contributed by atoms with van der Waals surface area (Å²) in [6, 6.07) is 8.20. The van der Waals surface area contributed by atoms with Gasteiger partial charge in [0.15, 0.2) is 0 Å². The van der Waals surface area contributed by atoms with E-state index >= 15 is 0 Å². The van der Waals surface area contributed by atoms with Gasteiger partial charge in [-0.1, -0.05) is 48.6 Å². The maximum atomic E-state index is 14.1. The van der Waals surface area contributed by atoms with Gasteiger partial charge in [0.05, 0.1) is 0 Å². The quantitative estimate of drug-likeness (QED) is 0.232. The molecule has 32 heavy (non-hydrogen) atoms. The maximum Gasteiger partial charge on any atom is 0.137 e. The molecule has 1 nitrogen and oxygen atoms in total. The second-order valence-electron chi connectivity index (χ2n) is 7.65. The van der Waals surface area contributed by atoms with Crippen molar-refractivity contribution in [2.45, 2.75) is 38.5 Å². The van der Waals surface area contributed by atoms with E-state index in [0.29, 0.717) is 12.8 Å². The molecule has 2 aromatic carbocycles. The smallest absolute Gasteiger partial charge is 0.137 e. The van der Waals surface area contributed by atoms with Crippen molar-refractivity contribution in [1.29, 1.82) is 0 Å². The van der Waals surface area contributed by atoms with E-state index in [2.05, 4.69) is 51.6 Å². The summed E-state index contributed by atoms with van der Waals surface area (Å²) in [6.45, 7) is 23.6. The first-order chi connectivity index (χ1) is 15.6. The van der Waals surface area contributed by atoms with E-state index < -0.39 is 7.80 Å². The molecule has 0 amide bonds. The fraction of sp³-hybridized carbons (Fsp3) is 0.200. The fourth-order valence-corrected chi connectivity index (χ4v) is 5.83. The van der Waals surface area contributed by atoms with Crippen LogP contribution in [0.2, 0.25) is 0 Å². The zero-order valence-electron chi connectivity index (χ0n) is 19.1. The lowest BCUT2D eigenvalue weighted by atomic mass is 9.94. The molecule has 0 aliphatic carbocycles. The van der Waals surface area contributed by atoms with Crippen LogP contribution in [0, 0.1) is 0 Å². The lowest BCUT2D eigenvalue weighted by Gasteiger charge is -2.20. The van der Waals surface area contributed by atoms with Crippen molar-refractivity contribution in [3.05, 3.63) is 134 Å². The van der Waals surface area contributed by atoms with Crippen molar-refractivity contribution in [2.75, 3.05) is 0 Å². The average Bonchev–Trinajstić information content (AvgIpc) is 2.78. The molecule has 0 bridgehead atoms. The molecule has 0 heterocycles. The van der Waals surface area contributed by atoms with Gasteiger partial charge in [-0.05, 0) is 84.0 Å². The highest BCUT2D eigenvalue weighted by Crippen LogP contribution is 2.31. The number of rotatable bonds is 14. The molecule has 2 aromatic rings. The summed E-state index contributed by atoms with van der Waals surface area (Å²) in [6.07, 6.45) is 15.7. The van der Waals surface area contributed by atoms with Crippen molar-refractivity contribution in [2.24, 2.45) is 0 Å². The lowest BCUT2D eigenvalue weighted by molar-refractivity contribution is 0.598. The topological polar surface area (TPSA) is 17.1 Å². The minimum Gasteiger partial charge on any atom is -0.277 e. The SMILES string of the molecule is C=CCc1ccc([P](=O)c2ccc(CC=C)c(CC=C)c2CC=C)c(CC=C)c1CC=C. The highest BCUT2D eigenvalue weighted by molar-refractivity contribution is 7.61. The zero-order valence-corrected chi connectivity index (χ0v) is 20.0. The second kappa shape index (κ2) is 12.7. The Balaban J connectivity index is 2.77. The van der Waals surface area contributed by atoms with E-state index in [1.807, 2.05) is 48.6 Å². The van der Waals surface area contributed by atoms with E-state index in [4.69, 9.17) is 0 Å². The van der Waals surface area contributed by atoms with Gasteiger partial charge >= 0.3 is 0 Å². The van der Waals surface area contributed by atoms with E-state index in [1.54, 1.807) is 0 Å². The van der Waals surface area contributed by atoms with Crippen LogP contribution in [0.5, 0.6) is 0 Å². The van der Waals surface area contributed by atoms with Crippen LogP contribution in [0.3, 0.4) is 0 Å². The van der Waals surface area contributed by atoms with Gasteiger partial charge in [0.25, 0.3) is 0 Å². The van der Waals surface area contributed by atoms with Gasteiger partial charge < -0.3 is 0 Å². The van der Waals surface area contributed by atoms with Crippen LogP contribution < -0.4 is 10.6 Å². The Hall–Kier alpha value is -3.02. The molecule has 0 aliphatic heterocycles. The Morgan fingerprint density at radius 3 is 1.12 bits per heavy atom. The van der Waals surface area contributed by atoms with Gasteiger partial charge in [-0.15, -0.1) is 39.5 Å². The van der Waals surface area contributed by atoms with Crippen LogP contribution in [0.25, 0.3) is 0 Å². The van der Waals surface area contributed by atoms with Crippen molar-refractivity contribution < 1.29 is 4.57 Å². The molecule has 0 unspecified atom stereocenters. The number of benzene rings is 2. The minimum absolute atomic E-state index is 0.662. The minimum atomic E-state index is -1.80. The van der Waals surface area contributed by atoms with Crippen molar-refractivity contribution in [1.82, 2.24) is 0 Å². The van der Waals surface area contributed by atoms with Crippen LogP contribution in [-0.2, 0) is 43.1 Å². The first-order valence-corrected chi connectivity index (χ1v) is 12.2. The fourth-order valence-electron chi connectivity index (χ4n) is 4.20. The first kappa shape index (κ1) is 25.2. The Morgan fingerprint density at radius 1 is 0.500 bits per heavy atom. The Bertz CT molecular complexity index is 971. The molecule has 0 fully saturated rings. The summed E-state index contributed by atoms with van der Waals surface area (Å²) in [4.78, 5) is 0. The predicted octanol–water partition coefficient (Wildman–Crippen LogP) is 6.84. The Labute approximate surface area is 195 Å². The maximum absolute atomic E-state index is 14.1. The molecular weight excluding hydrogens is 407 g/mol. The highest BCUT2D eigenvalue weighted by atomic mass is 31.1. The molecule has 0 aromatic heterocycles. The van der Waals surface area contributed by atoms with Gasteiger partial charge in [-0.2, -0.15) is 0 Å². The molecule has 0 saturated carbocycles. The van der Waals surface area contributed by atoms with Crippen LogP contribution >= 0.6 is 7.80 Å². The molecule has 0 atom stereocenters. The van der Waals surface area contributed by atoms with Crippen molar-refractivity contribution >= 4 is 18.4 Å². The second-order valence-corrected chi connectivity index (χ2v) is 9.21. The van der Waals surface area contributed by atoms with E-state index in [0.717, 1.165) is 47.4 Å². The molecule has 1 radical (unpaired) electrons. The highest BCUT2D eigenvalue weighted by Gasteiger charge is 2.21. The first-order valence-electron chi connectivity index (χ1n) is 11.0. The number of hydrogen-bond donors (Lipinski definition) is 0. The molecule has 2 rings (SSSR count). The predicted molar refractivity (Wildman–Crippen MR) is 143 cm³/mol. The van der Waals surface area contributed by atoms with Gasteiger partial charge in [0.2, 0.25) is 0 Å². The van der Waals surface area contributed by atoms with Gasteiger partial charge in [-0.25, -0.2) is 0 Å². The normalized spacial score (nSPS) is 10.2. The summed E-state index contributed by atoms with van der Waals surface area (Å²) in [5.41, 5.74) is 6.93. The molecule has 2 heteroatoms. The number of hydrogen-bond acceptors (Lipinski definition) is 1. The van der Waals surface area contributed by atoms with E-state index in [-0.39, 0.29) is 0 Å². The zero-order chi connectivity index (χ0) is 23.5. The summed E-state index contributed by atoms with van der Waals surface area (Å²) in [5, 5.41) is 1.74. The van der Waals surface area contributed by atoms with Crippen LogP contribution in [0.1, 0.15) is 33.4 Å². The number of allylic oxidation sites excluding steroid dienone is 6. The van der Waals surface area contributed by atoms with E-state index in [1.165, 1.54) is 22.3 Å². The summed E-state index contributed by atoms with van der Waals surface area (Å²) in [7, 11) is -1.80. The monoisotopic (exact) mass is 441 g/mol. The van der Waals surface area contributed by atoms with Gasteiger partial charge in [0, 0.05) is 10.6 Å². The van der Waals surface area contributed by atoms with Crippen molar-refractivity contribution in [3.8, 4) is 0 Å². The Morgan fingerprint density at radius 2 is 0.812 bits per heavy atom. The largest absolute Gasteiger partial charge is 0.277 e. The van der Waals surface area contributed by atoms with Crippen LogP contribution in [0.4, 0.5) is 0 Å². The lowest BCUT2D eigenvalue weighted by Crippen LogP contribution is -2.20. The third-order valence-electron chi connectivity index (χ3n) is 5.57. The van der Waals surface area contributed by atoms with Gasteiger partial charge in [0.1, 0.15) is 7.80 Å².